The second-order valence-corrected chi connectivity index (χ2v) is 8.39. The number of thioether (sulfide) groups is 1. The molecule has 1 aromatic heterocycles. The molecule has 0 radical (unpaired) electrons. The van der Waals surface area contributed by atoms with Crippen LogP contribution in [0.5, 0.6) is 11.5 Å². The van der Waals surface area contributed by atoms with Crippen molar-refractivity contribution in [1.29, 1.82) is 0 Å². The van der Waals surface area contributed by atoms with Crippen LogP contribution in [0.3, 0.4) is 0 Å². The van der Waals surface area contributed by atoms with Gasteiger partial charge in [0.05, 0.1) is 28.9 Å². The number of fused-ring (bicyclic) bond motifs is 1. The number of carbonyl (C=O) groups excluding carboxylic acids is 1. The Morgan fingerprint density at radius 3 is 2.93 bits per heavy atom. The van der Waals surface area contributed by atoms with Gasteiger partial charge in [-0.3, -0.25) is 4.79 Å². The Labute approximate surface area is 177 Å². The van der Waals surface area contributed by atoms with Gasteiger partial charge in [0.2, 0.25) is 0 Å². The van der Waals surface area contributed by atoms with Gasteiger partial charge in [0.1, 0.15) is 0 Å². The molecule has 3 N–H and O–H groups in total. The molecule has 0 fully saturated rings. The molecule has 3 aromatic rings. The summed E-state index contributed by atoms with van der Waals surface area (Å²) in [5, 5.41) is 15.2. The highest BCUT2D eigenvalue weighted by Crippen LogP contribution is 2.34. The fourth-order valence-corrected chi connectivity index (χ4v) is 3.56. The highest BCUT2D eigenvalue weighted by atomic mass is 35.5. The summed E-state index contributed by atoms with van der Waals surface area (Å²) in [6.45, 7) is 6.37. The summed E-state index contributed by atoms with van der Waals surface area (Å²) < 4.78 is 5.33. The van der Waals surface area contributed by atoms with Crippen molar-refractivity contribution in [2.75, 3.05) is 6.61 Å². The van der Waals surface area contributed by atoms with E-state index in [0.717, 1.165) is 16.2 Å². The van der Waals surface area contributed by atoms with Crippen molar-refractivity contribution in [3.8, 4) is 11.5 Å². The number of phenolic OH excluding ortho intramolecular Hbond substituents is 1. The lowest BCUT2D eigenvalue weighted by Crippen LogP contribution is -2.17. The number of amides is 1. The molecule has 0 spiro atoms. The molecule has 29 heavy (non-hydrogen) atoms. The first-order valence-corrected chi connectivity index (χ1v) is 10.3. The van der Waals surface area contributed by atoms with Crippen LogP contribution in [-0.4, -0.2) is 39.1 Å². The summed E-state index contributed by atoms with van der Waals surface area (Å²) >= 11 is 7.62. The van der Waals surface area contributed by atoms with Crippen molar-refractivity contribution in [3.05, 3.63) is 46.5 Å². The summed E-state index contributed by atoms with van der Waals surface area (Å²) in [4.78, 5) is 20.1. The number of aromatic nitrogens is 2. The molecule has 7 nitrogen and oxygen atoms in total. The molecule has 0 saturated heterocycles. The third-order valence-electron chi connectivity index (χ3n) is 3.80. The van der Waals surface area contributed by atoms with Crippen molar-refractivity contribution in [2.45, 2.75) is 31.2 Å². The standard InChI is InChI=1S/C20H21ClN4O3S/c1-4-28-17-8-12(7-14(21)18(17)26)10-22-25-19(27)13-5-6-15-16(9-13)24-20(23-15)29-11(2)3/h5-11,26H,4H2,1-3H3,(H,23,24)(H,25,27)/b22-10-. The molecule has 0 aliphatic heterocycles. The van der Waals surface area contributed by atoms with Gasteiger partial charge in [0.25, 0.3) is 5.91 Å². The van der Waals surface area contributed by atoms with Crippen molar-refractivity contribution in [3.63, 3.8) is 0 Å². The van der Waals surface area contributed by atoms with Crippen LogP contribution in [0, 0.1) is 0 Å². The quantitative estimate of drug-likeness (QED) is 0.288. The van der Waals surface area contributed by atoms with Crippen molar-refractivity contribution in [1.82, 2.24) is 15.4 Å². The maximum absolute atomic E-state index is 12.4. The van der Waals surface area contributed by atoms with E-state index in [4.69, 9.17) is 16.3 Å². The van der Waals surface area contributed by atoms with Crippen LogP contribution in [0.2, 0.25) is 5.02 Å². The normalized spacial score (nSPS) is 11.5. The number of ether oxygens (including phenoxy) is 1. The third kappa shape index (κ3) is 5.21. The average molecular weight is 433 g/mol. The van der Waals surface area contributed by atoms with Gasteiger partial charge in [0.15, 0.2) is 16.7 Å². The lowest BCUT2D eigenvalue weighted by Gasteiger charge is -2.08. The number of carbonyl (C=O) groups is 1. The Hall–Kier alpha value is -2.71. The summed E-state index contributed by atoms with van der Waals surface area (Å²) in [6, 6.07) is 8.35. The number of rotatable bonds is 7. The van der Waals surface area contributed by atoms with Crippen molar-refractivity contribution in [2.24, 2.45) is 5.10 Å². The van der Waals surface area contributed by atoms with Gasteiger partial charge in [-0.05, 0) is 42.8 Å². The van der Waals surface area contributed by atoms with Crippen LogP contribution < -0.4 is 10.2 Å². The summed E-state index contributed by atoms with van der Waals surface area (Å²) in [6.07, 6.45) is 1.43. The largest absolute Gasteiger partial charge is 0.503 e. The van der Waals surface area contributed by atoms with E-state index in [1.54, 1.807) is 43.0 Å². The number of imidazole rings is 1. The Kier molecular flexibility index (Phi) is 6.66. The number of nitrogens with zero attached hydrogens (tertiary/aromatic N) is 2. The fraction of sp³-hybridized carbons (Fsp3) is 0.250. The molecule has 0 unspecified atom stereocenters. The topological polar surface area (TPSA) is 99.6 Å². The summed E-state index contributed by atoms with van der Waals surface area (Å²) in [7, 11) is 0. The molecule has 9 heteroatoms. The Morgan fingerprint density at radius 1 is 1.41 bits per heavy atom. The van der Waals surface area contributed by atoms with E-state index >= 15 is 0 Å². The van der Waals surface area contributed by atoms with Crippen LogP contribution >= 0.6 is 23.4 Å². The Balaban J connectivity index is 1.72. The molecule has 0 aliphatic rings. The third-order valence-corrected chi connectivity index (χ3v) is 4.98. The molecule has 0 aliphatic carbocycles. The number of hydrogen-bond acceptors (Lipinski definition) is 6. The summed E-state index contributed by atoms with van der Waals surface area (Å²) in [5.74, 6) is -0.226. The first-order chi connectivity index (χ1) is 13.9. The lowest BCUT2D eigenvalue weighted by molar-refractivity contribution is 0.0955. The van der Waals surface area contributed by atoms with Gasteiger partial charge in [-0.15, -0.1) is 0 Å². The van der Waals surface area contributed by atoms with Crippen LogP contribution in [-0.2, 0) is 0 Å². The number of hydrazone groups is 1. The fourth-order valence-electron chi connectivity index (χ4n) is 2.57. The zero-order chi connectivity index (χ0) is 21.0. The van der Waals surface area contributed by atoms with Gasteiger partial charge in [-0.25, -0.2) is 10.4 Å². The molecule has 0 atom stereocenters. The second kappa shape index (κ2) is 9.19. The molecule has 1 amide bonds. The number of phenols is 1. The molecule has 0 bridgehead atoms. The van der Waals surface area contributed by atoms with Crippen LogP contribution in [0.25, 0.3) is 11.0 Å². The number of H-pyrrole nitrogens is 1. The molecule has 3 rings (SSSR count). The number of halogens is 1. The van der Waals surface area contributed by atoms with Gasteiger partial charge >= 0.3 is 0 Å². The van der Waals surface area contributed by atoms with E-state index in [1.165, 1.54) is 12.3 Å². The van der Waals surface area contributed by atoms with Crippen LogP contribution in [0.15, 0.2) is 40.6 Å². The molecule has 152 valence electrons. The van der Waals surface area contributed by atoms with Gasteiger partial charge in [-0.2, -0.15) is 5.10 Å². The maximum Gasteiger partial charge on any atom is 0.271 e. The predicted octanol–water partition coefficient (Wildman–Crippen LogP) is 4.59. The van der Waals surface area contributed by atoms with Crippen LogP contribution in [0.1, 0.15) is 36.7 Å². The van der Waals surface area contributed by atoms with Gasteiger partial charge in [0, 0.05) is 10.8 Å². The maximum atomic E-state index is 12.4. The highest BCUT2D eigenvalue weighted by molar-refractivity contribution is 7.99. The zero-order valence-electron chi connectivity index (χ0n) is 16.2. The number of aromatic hydroxyl groups is 1. The van der Waals surface area contributed by atoms with E-state index in [2.05, 4.69) is 34.3 Å². The minimum Gasteiger partial charge on any atom is -0.503 e. The molecule has 1 heterocycles. The molecule has 2 aromatic carbocycles. The average Bonchev–Trinajstić information content (AvgIpc) is 3.06. The zero-order valence-corrected chi connectivity index (χ0v) is 17.8. The van der Waals surface area contributed by atoms with Crippen molar-refractivity contribution < 1.29 is 14.6 Å². The van der Waals surface area contributed by atoms with E-state index in [0.29, 0.717) is 23.0 Å². The Bertz CT molecular complexity index is 1070. The number of aromatic amines is 1. The minimum absolute atomic E-state index is 0.127. The monoisotopic (exact) mass is 432 g/mol. The van der Waals surface area contributed by atoms with Gasteiger partial charge < -0.3 is 14.8 Å². The predicted molar refractivity (Wildman–Crippen MR) is 116 cm³/mol. The minimum atomic E-state index is -0.356. The lowest BCUT2D eigenvalue weighted by atomic mass is 10.2. The molecular formula is C20H21ClN4O3S. The van der Waals surface area contributed by atoms with E-state index < -0.39 is 0 Å². The van der Waals surface area contributed by atoms with Gasteiger partial charge in [-0.1, -0.05) is 37.2 Å². The Morgan fingerprint density at radius 2 is 2.21 bits per heavy atom. The number of hydrogen-bond donors (Lipinski definition) is 3. The summed E-state index contributed by atoms with van der Waals surface area (Å²) in [5.41, 5.74) is 5.11. The van der Waals surface area contributed by atoms with Crippen LogP contribution in [0.4, 0.5) is 0 Å². The number of nitrogens with one attached hydrogen (secondary N) is 2. The second-order valence-electron chi connectivity index (χ2n) is 6.42. The first-order valence-electron chi connectivity index (χ1n) is 9.02. The highest BCUT2D eigenvalue weighted by Gasteiger charge is 2.11. The SMILES string of the molecule is CCOc1cc(/C=N\NC(=O)c2ccc3nc(SC(C)C)[nH]c3c2)cc(Cl)c1O. The number of benzene rings is 2. The van der Waals surface area contributed by atoms with E-state index in [1.807, 2.05) is 0 Å². The first kappa shape index (κ1) is 21.0. The smallest absolute Gasteiger partial charge is 0.271 e. The molecule has 0 saturated carbocycles. The van der Waals surface area contributed by atoms with E-state index in [9.17, 15) is 9.90 Å². The van der Waals surface area contributed by atoms with Crippen molar-refractivity contribution >= 4 is 46.5 Å². The van der Waals surface area contributed by atoms with E-state index in [-0.39, 0.29) is 22.4 Å². The molecular weight excluding hydrogens is 412 g/mol.